The molecule has 0 radical (unpaired) electrons. The number of phenolic OH excluding ortho intramolecular Hbond substituents is 1. The second kappa shape index (κ2) is 4.84. The molecule has 1 aliphatic heterocycles. The highest BCUT2D eigenvalue weighted by Gasteiger charge is 2.18. The molecular formula is C11H12BrNO3. The topological polar surface area (TPSA) is 58.6 Å². The lowest BCUT2D eigenvalue weighted by molar-refractivity contribution is 0.0929. The van der Waals surface area contributed by atoms with E-state index in [-0.39, 0.29) is 17.7 Å². The van der Waals surface area contributed by atoms with Crippen molar-refractivity contribution in [2.24, 2.45) is 0 Å². The van der Waals surface area contributed by atoms with Crippen LogP contribution >= 0.6 is 15.9 Å². The Hall–Kier alpha value is -1.07. The fourth-order valence-electron chi connectivity index (χ4n) is 1.57. The molecule has 0 aromatic heterocycles. The molecule has 0 saturated carbocycles. The van der Waals surface area contributed by atoms with Crippen molar-refractivity contribution < 1.29 is 14.6 Å². The molecule has 1 unspecified atom stereocenters. The van der Waals surface area contributed by atoms with Gasteiger partial charge in [-0.25, -0.2) is 0 Å². The van der Waals surface area contributed by atoms with Gasteiger partial charge in [-0.1, -0.05) is 0 Å². The van der Waals surface area contributed by atoms with Crippen molar-refractivity contribution in [3.8, 4) is 5.75 Å². The maximum Gasteiger partial charge on any atom is 0.251 e. The van der Waals surface area contributed by atoms with Crippen molar-refractivity contribution in [2.75, 3.05) is 13.2 Å². The van der Waals surface area contributed by atoms with Gasteiger partial charge >= 0.3 is 0 Å². The predicted molar refractivity (Wildman–Crippen MR) is 62.5 cm³/mol. The van der Waals surface area contributed by atoms with E-state index >= 15 is 0 Å². The Balaban J connectivity index is 2.05. The number of carbonyl (C=O) groups excluding carboxylic acids is 1. The molecule has 1 fully saturated rings. The van der Waals surface area contributed by atoms with Crippen molar-refractivity contribution in [1.29, 1.82) is 0 Å². The number of nitrogens with one attached hydrogen (secondary N) is 1. The number of aromatic hydroxyl groups is 1. The molecule has 1 aromatic carbocycles. The lowest BCUT2D eigenvalue weighted by Gasteiger charge is -2.10. The highest BCUT2D eigenvalue weighted by molar-refractivity contribution is 9.10. The minimum Gasteiger partial charge on any atom is -0.507 e. The van der Waals surface area contributed by atoms with E-state index in [9.17, 15) is 9.90 Å². The summed E-state index contributed by atoms with van der Waals surface area (Å²) in [7, 11) is 0. The molecule has 0 spiro atoms. The van der Waals surface area contributed by atoms with Gasteiger partial charge in [-0.3, -0.25) is 4.79 Å². The Labute approximate surface area is 102 Å². The zero-order valence-electron chi connectivity index (χ0n) is 8.57. The summed E-state index contributed by atoms with van der Waals surface area (Å²) in [4.78, 5) is 11.8. The Kier molecular flexibility index (Phi) is 3.46. The monoisotopic (exact) mass is 285 g/mol. The Morgan fingerprint density at radius 1 is 1.56 bits per heavy atom. The molecule has 86 valence electrons. The minimum atomic E-state index is -0.182. The number of benzene rings is 1. The van der Waals surface area contributed by atoms with Crippen LogP contribution in [0, 0.1) is 0 Å². The molecule has 5 heteroatoms. The summed E-state index contributed by atoms with van der Waals surface area (Å²) in [5.74, 6) is -0.117. The van der Waals surface area contributed by atoms with Crippen LogP contribution in [0.1, 0.15) is 16.8 Å². The van der Waals surface area contributed by atoms with Crippen LogP contribution in [-0.2, 0) is 4.74 Å². The number of ether oxygens (including phenoxy) is 1. The van der Waals surface area contributed by atoms with Crippen LogP contribution in [0.5, 0.6) is 5.75 Å². The van der Waals surface area contributed by atoms with E-state index < -0.39 is 0 Å². The first-order valence-electron chi connectivity index (χ1n) is 5.04. The van der Waals surface area contributed by atoms with Gasteiger partial charge in [-0.2, -0.15) is 0 Å². The number of phenols is 1. The number of carbonyl (C=O) groups is 1. The van der Waals surface area contributed by atoms with Gasteiger partial charge in [0.2, 0.25) is 0 Å². The molecule has 2 N–H and O–H groups in total. The van der Waals surface area contributed by atoms with Gasteiger partial charge in [0, 0.05) is 12.2 Å². The third-order valence-electron chi connectivity index (χ3n) is 2.47. The number of hydrogen-bond acceptors (Lipinski definition) is 3. The normalized spacial score (nSPS) is 19.7. The molecule has 16 heavy (non-hydrogen) atoms. The number of rotatable bonds is 2. The van der Waals surface area contributed by atoms with Gasteiger partial charge in [0.1, 0.15) is 5.75 Å². The van der Waals surface area contributed by atoms with E-state index in [1.165, 1.54) is 6.07 Å². The Morgan fingerprint density at radius 3 is 3.00 bits per heavy atom. The third kappa shape index (κ3) is 2.54. The molecule has 0 aliphatic carbocycles. The molecule has 4 nitrogen and oxygen atoms in total. The van der Waals surface area contributed by atoms with Crippen molar-refractivity contribution in [3.63, 3.8) is 0 Å². The highest BCUT2D eigenvalue weighted by atomic mass is 79.9. The maximum absolute atomic E-state index is 11.8. The van der Waals surface area contributed by atoms with Gasteiger partial charge in [0.05, 0.1) is 17.1 Å². The van der Waals surface area contributed by atoms with E-state index in [2.05, 4.69) is 21.2 Å². The minimum absolute atomic E-state index is 0.0651. The Bertz CT molecular complexity index is 402. The van der Waals surface area contributed by atoms with Gasteiger partial charge in [-0.15, -0.1) is 0 Å². The Morgan fingerprint density at radius 2 is 2.38 bits per heavy atom. The summed E-state index contributed by atoms with van der Waals surface area (Å²) < 4.78 is 5.74. The van der Waals surface area contributed by atoms with Crippen LogP contribution < -0.4 is 5.32 Å². The number of hydrogen-bond donors (Lipinski definition) is 2. The van der Waals surface area contributed by atoms with Crippen LogP contribution in [0.25, 0.3) is 0 Å². The maximum atomic E-state index is 11.8. The molecule has 0 bridgehead atoms. The van der Waals surface area contributed by atoms with Crippen molar-refractivity contribution in [1.82, 2.24) is 5.32 Å². The molecule has 1 heterocycles. The molecule has 1 atom stereocenters. The summed E-state index contributed by atoms with van der Waals surface area (Å²) in [6, 6.07) is 4.83. The second-order valence-corrected chi connectivity index (χ2v) is 4.55. The van der Waals surface area contributed by atoms with Crippen LogP contribution in [-0.4, -0.2) is 30.3 Å². The molecule has 2 rings (SSSR count). The first-order chi connectivity index (χ1) is 7.66. The predicted octanol–water partition coefficient (Wildman–Crippen LogP) is 1.67. The van der Waals surface area contributed by atoms with Crippen molar-refractivity contribution in [3.05, 3.63) is 28.2 Å². The average Bonchev–Trinajstić information content (AvgIpc) is 2.74. The summed E-state index contributed by atoms with van der Waals surface area (Å²) >= 11 is 3.16. The fraction of sp³-hybridized carbons (Fsp3) is 0.364. The molecule has 1 aromatic rings. The summed E-state index contributed by atoms with van der Waals surface area (Å²) in [6.45, 7) is 1.25. The van der Waals surface area contributed by atoms with Gasteiger partial charge in [0.25, 0.3) is 5.91 Å². The lowest BCUT2D eigenvalue weighted by Crippen LogP contribution is -2.34. The standard InChI is InChI=1S/C11H12BrNO3/c12-9-2-1-7(5-10(9)14)11(15)13-8-3-4-16-6-8/h1-2,5,8,14H,3-4,6H2,(H,13,15). The molecule has 1 saturated heterocycles. The molecule has 1 aliphatic rings. The third-order valence-corrected chi connectivity index (χ3v) is 3.14. The number of amides is 1. The summed E-state index contributed by atoms with van der Waals surface area (Å²) in [6.07, 6.45) is 0.842. The quantitative estimate of drug-likeness (QED) is 0.869. The molecular weight excluding hydrogens is 274 g/mol. The van der Waals surface area contributed by atoms with Crippen LogP contribution in [0.4, 0.5) is 0 Å². The van der Waals surface area contributed by atoms with Crippen LogP contribution in [0.3, 0.4) is 0 Å². The summed E-state index contributed by atoms with van der Waals surface area (Å²) in [5.41, 5.74) is 0.451. The summed E-state index contributed by atoms with van der Waals surface area (Å²) in [5, 5.41) is 12.3. The van der Waals surface area contributed by atoms with E-state index in [0.29, 0.717) is 23.2 Å². The number of halogens is 1. The second-order valence-electron chi connectivity index (χ2n) is 3.70. The van der Waals surface area contributed by atoms with E-state index in [4.69, 9.17) is 4.74 Å². The van der Waals surface area contributed by atoms with Crippen molar-refractivity contribution >= 4 is 21.8 Å². The largest absolute Gasteiger partial charge is 0.507 e. The van der Waals surface area contributed by atoms with Crippen LogP contribution in [0.2, 0.25) is 0 Å². The van der Waals surface area contributed by atoms with Crippen LogP contribution in [0.15, 0.2) is 22.7 Å². The smallest absolute Gasteiger partial charge is 0.251 e. The van der Waals surface area contributed by atoms with Crippen molar-refractivity contribution in [2.45, 2.75) is 12.5 Å². The van der Waals surface area contributed by atoms with E-state index in [1.54, 1.807) is 12.1 Å². The van der Waals surface area contributed by atoms with Gasteiger partial charge in [0.15, 0.2) is 0 Å². The van der Waals surface area contributed by atoms with Gasteiger partial charge in [-0.05, 0) is 40.5 Å². The first-order valence-corrected chi connectivity index (χ1v) is 5.83. The van der Waals surface area contributed by atoms with E-state index in [1.807, 2.05) is 0 Å². The fourth-order valence-corrected chi connectivity index (χ4v) is 1.82. The zero-order valence-corrected chi connectivity index (χ0v) is 10.2. The average molecular weight is 286 g/mol. The highest BCUT2D eigenvalue weighted by Crippen LogP contribution is 2.24. The zero-order chi connectivity index (χ0) is 11.5. The first kappa shape index (κ1) is 11.4. The molecule has 1 amide bonds. The SMILES string of the molecule is O=C(NC1CCOC1)c1ccc(Br)c(O)c1. The van der Waals surface area contributed by atoms with E-state index in [0.717, 1.165) is 6.42 Å². The lowest BCUT2D eigenvalue weighted by atomic mass is 10.2. The van der Waals surface area contributed by atoms with Gasteiger partial charge < -0.3 is 15.2 Å².